The highest BCUT2D eigenvalue weighted by molar-refractivity contribution is 9.10. The van der Waals surface area contributed by atoms with Gasteiger partial charge in [-0.1, -0.05) is 39.7 Å². The van der Waals surface area contributed by atoms with E-state index in [1.54, 1.807) is 0 Å². The summed E-state index contributed by atoms with van der Waals surface area (Å²) in [7, 11) is 0. The molecule has 0 saturated carbocycles. The molecule has 0 amide bonds. The van der Waals surface area contributed by atoms with Crippen molar-refractivity contribution < 1.29 is 9.90 Å². The second-order valence-electron chi connectivity index (χ2n) is 3.30. The summed E-state index contributed by atoms with van der Waals surface area (Å²) < 4.78 is 0.971. The summed E-state index contributed by atoms with van der Waals surface area (Å²) in [6.45, 7) is 0.375. The molecule has 1 aromatic heterocycles. The number of rotatable bonds is 3. The Morgan fingerprint density at radius 2 is 2.00 bits per heavy atom. The van der Waals surface area contributed by atoms with Crippen LogP contribution in [0.3, 0.4) is 0 Å². The van der Waals surface area contributed by atoms with Crippen molar-refractivity contribution in [2.45, 2.75) is 6.54 Å². The number of nitrogens with zero attached hydrogens (tertiary/aromatic N) is 3. The van der Waals surface area contributed by atoms with Gasteiger partial charge in [0.1, 0.15) is 0 Å². The number of carboxylic acid groups (broad SMARTS) is 1. The summed E-state index contributed by atoms with van der Waals surface area (Å²) in [6, 6.07) is 7.56. The Labute approximate surface area is 110 Å². The summed E-state index contributed by atoms with van der Waals surface area (Å²) in [5.74, 6) is -1.18. The zero-order valence-electron chi connectivity index (χ0n) is 8.47. The zero-order chi connectivity index (χ0) is 12.4. The molecule has 0 radical (unpaired) electrons. The summed E-state index contributed by atoms with van der Waals surface area (Å²) in [5.41, 5.74) is 0.723. The molecule has 0 aliphatic rings. The van der Waals surface area contributed by atoms with E-state index in [1.807, 2.05) is 24.3 Å². The van der Waals surface area contributed by atoms with Crippen molar-refractivity contribution >= 4 is 33.5 Å². The molecule has 7 heteroatoms. The van der Waals surface area contributed by atoms with Crippen molar-refractivity contribution in [3.63, 3.8) is 0 Å². The van der Waals surface area contributed by atoms with Gasteiger partial charge in [0.05, 0.1) is 6.54 Å². The van der Waals surface area contributed by atoms with E-state index in [9.17, 15) is 4.79 Å². The van der Waals surface area contributed by atoms with E-state index in [-0.39, 0.29) is 10.8 Å². The molecule has 0 aliphatic carbocycles. The average molecular weight is 317 g/mol. The number of aromatic carboxylic acids is 1. The van der Waals surface area contributed by atoms with Crippen LogP contribution in [0.15, 0.2) is 28.7 Å². The van der Waals surface area contributed by atoms with E-state index in [4.69, 9.17) is 16.7 Å². The van der Waals surface area contributed by atoms with E-state index >= 15 is 0 Å². The lowest BCUT2D eigenvalue weighted by Crippen LogP contribution is -2.05. The quantitative estimate of drug-likeness (QED) is 0.944. The molecule has 0 bridgehead atoms. The van der Waals surface area contributed by atoms with Crippen molar-refractivity contribution in [3.8, 4) is 0 Å². The van der Waals surface area contributed by atoms with Crippen molar-refractivity contribution in [2.75, 3.05) is 0 Å². The second kappa shape index (κ2) is 4.85. The minimum Gasteiger partial charge on any atom is -0.476 e. The largest absolute Gasteiger partial charge is 0.476 e. The van der Waals surface area contributed by atoms with Crippen LogP contribution in [0, 0.1) is 0 Å². The van der Waals surface area contributed by atoms with E-state index in [2.05, 4.69) is 26.1 Å². The van der Waals surface area contributed by atoms with Crippen LogP contribution in [0.5, 0.6) is 0 Å². The van der Waals surface area contributed by atoms with Gasteiger partial charge in [-0.05, 0) is 17.7 Å². The van der Waals surface area contributed by atoms with Crippen LogP contribution in [0.4, 0.5) is 0 Å². The van der Waals surface area contributed by atoms with E-state index in [1.165, 1.54) is 4.80 Å². The predicted molar refractivity (Wildman–Crippen MR) is 65.2 cm³/mol. The molecular formula is C10H7BrClN3O2. The molecule has 0 spiro atoms. The maximum absolute atomic E-state index is 10.7. The summed E-state index contributed by atoms with van der Waals surface area (Å²) >= 11 is 8.98. The average Bonchev–Trinajstić information content (AvgIpc) is 2.63. The number of hydrogen-bond donors (Lipinski definition) is 1. The fourth-order valence-electron chi connectivity index (χ4n) is 1.28. The molecule has 0 saturated heterocycles. The first kappa shape index (κ1) is 12.1. The molecule has 2 aromatic rings. The SMILES string of the molecule is O=C(O)c1nn(Cc2ccc(Br)cc2)nc1Cl. The van der Waals surface area contributed by atoms with Gasteiger partial charge >= 0.3 is 5.97 Å². The van der Waals surface area contributed by atoms with Crippen LogP contribution in [-0.4, -0.2) is 26.1 Å². The molecule has 5 nitrogen and oxygen atoms in total. The minimum atomic E-state index is -1.18. The number of halogens is 2. The number of hydrogen-bond acceptors (Lipinski definition) is 3. The molecule has 2 rings (SSSR count). The van der Waals surface area contributed by atoms with Gasteiger partial charge in [0, 0.05) is 4.47 Å². The summed E-state index contributed by atoms with van der Waals surface area (Å²) in [4.78, 5) is 12.0. The molecule has 1 aromatic carbocycles. The molecule has 0 fully saturated rings. The standard InChI is InChI=1S/C10H7BrClN3O2/c11-7-3-1-6(2-4-7)5-15-13-8(10(16)17)9(12)14-15/h1-4H,5H2,(H,16,17). The molecule has 1 N–H and O–H groups in total. The molecule has 1 heterocycles. The number of aromatic nitrogens is 3. The maximum atomic E-state index is 10.7. The second-order valence-corrected chi connectivity index (χ2v) is 4.58. The Morgan fingerprint density at radius 1 is 1.35 bits per heavy atom. The van der Waals surface area contributed by atoms with Crippen LogP contribution < -0.4 is 0 Å². The molecule has 88 valence electrons. The number of carboxylic acids is 1. The first-order chi connectivity index (χ1) is 8.06. The van der Waals surface area contributed by atoms with Crippen molar-refractivity contribution in [3.05, 3.63) is 45.1 Å². The van der Waals surface area contributed by atoms with Crippen LogP contribution in [0.1, 0.15) is 16.1 Å². The van der Waals surface area contributed by atoms with E-state index < -0.39 is 5.97 Å². The Bertz CT molecular complexity index is 553. The fourth-order valence-corrected chi connectivity index (χ4v) is 1.75. The van der Waals surface area contributed by atoms with Crippen molar-refractivity contribution in [1.82, 2.24) is 15.0 Å². The lowest BCUT2D eigenvalue weighted by atomic mass is 10.2. The summed E-state index contributed by atoms with van der Waals surface area (Å²) in [5, 5.41) is 16.3. The minimum absolute atomic E-state index is 0.102. The number of carbonyl (C=O) groups is 1. The molecular weight excluding hydrogens is 309 g/mol. The van der Waals surface area contributed by atoms with Gasteiger partial charge in [0.2, 0.25) is 5.69 Å². The molecule has 0 atom stereocenters. The normalized spacial score (nSPS) is 10.5. The lowest BCUT2D eigenvalue weighted by molar-refractivity contribution is 0.0689. The van der Waals surface area contributed by atoms with Gasteiger partial charge in [-0.2, -0.15) is 4.80 Å². The van der Waals surface area contributed by atoms with Crippen LogP contribution in [-0.2, 0) is 6.54 Å². The third-order valence-corrected chi connectivity index (χ3v) is 2.84. The Hall–Kier alpha value is -1.40. The molecule has 17 heavy (non-hydrogen) atoms. The highest BCUT2D eigenvalue weighted by Crippen LogP contribution is 2.13. The van der Waals surface area contributed by atoms with Crippen LogP contribution >= 0.6 is 27.5 Å². The van der Waals surface area contributed by atoms with Gasteiger partial charge in [-0.15, -0.1) is 10.2 Å². The van der Waals surface area contributed by atoms with Gasteiger partial charge in [-0.25, -0.2) is 4.79 Å². The van der Waals surface area contributed by atoms with E-state index in [0.717, 1.165) is 10.0 Å². The third-order valence-electron chi connectivity index (χ3n) is 2.05. The lowest BCUT2D eigenvalue weighted by Gasteiger charge is -1.99. The van der Waals surface area contributed by atoms with Crippen LogP contribution in [0.25, 0.3) is 0 Å². The number of benzene rings is 1. The Kier molecular flexibility index (Phi) is 3.44. The molecule has 0 unspecified atom stereocenters. The highest BCUT2D eigenvalue weighted by atomic mass is 79.9. The molecule has 0 aliphatic heterocycles. The van der Waals surface area contributed by atoms with Gasteiger partial charge in [0.15, 0.2) is 5.15 Å². The van der Waals surface area contributed by atoms with E-state index in [0.29, 0.717) is 6.54 Å². The Balaban J connectivity index is 2.22. The topological polar surface area (TPSA) is 68.0 Å². The zero-order valence-corrected chi connectivity index (χ0v) is 10.8. The highest BCUT2D eigenvalue weighted by Gasteiger charge is 2.15. The van der Waals surface area contributed by atoms with Crippen molar-refractivity contribution in [2.24, 2.45) is 0 Å². The Morgan fingerprint density at radius 3 is 2.53 bits per heavy atom. The first-order valence-electron chi connectivity index (χ1n) is 4.64. The smallest absolute Gasteiger partial charge is 0.359 e. The predicted octanol–water partition coefficient (Wildman–Crippen LogP) is 2.44. The summed E-state index contributed by atoms with van der Waals surface area (Å²) in [6.07, 6.45) is 0. The van der Waals surface area contributed by atoms with Gasteiger partial charge < -0.3 is 5.11 Å². The fraction of sp³-hybridized carbons (Fsp3) is 0.100. The maximum Gasteiger partial charge on any atom is 0.359 e. The monoisotopic (exact) mass is 315 g/mol. The first-order valence-corrected chi connectivity index (χ1v) is 5.82. The van der Waals surface area contributed by atoms with Crippen molar-refractivity contribution in [1.29, 1.82) is 0 Å². The van der Waals surface area contributed by atoms with Gasteiger partial charge in [0.25, 0.3) is 0 Å². The van der Waals surface area contributed by atoms with Gasteiger partial charge in [-0.3, -0.25) is 0 Å². The van der Waals surface area contributed by atoms with Crippen LogP contribution in [0.2, 0.25) is 5.15 Å². The third kappa shape index (κ3) is 2.83.